The number of fused-ring (bicyclic) bond motifs is 1. The fraction of sp³-hybridized carbons (Fsp3) is 0.559. The van der Waals surface area contributed by atoms with E-state index in [1.807, 2.05) is 12.1 Å². The summed E-state index contributed by atoms with van der Waals surface area (Å²) in [6.07, 6.45) is 26.2. The van der Waals surface area contributed by atoms with Gasteiger partial charge in [-0.15, -0.1) is 0 Å². The maximum absolute atomic E-state index is 12.7. The molecule has 1 saturated heterocycles. The summed E-state index contributed by atoms with van der Waals surface area (Å²) in [7, 11) is 2.22. The molecule has 3 rings (SSSR count). The van der Waals surface area contributed by atoms with E-state index in [9.17, 15) is 4.79 Å². The number of hydrogen-bond donors (Lipinski definition) is 0. The van der Waals surface area contributed by atoms with Gasteiger partial charge in [-0.25, -0.2) is 0 Å². The van der Waals surface area contributed by atoms with Crippen molar-refractivity contribution in [3.05, 3.63) is 66.3 Å². The Kier molecular flexibility index (Phi) is 13.5. The molecule has 0 spiro atoms. The molecule has 202 valence electrons. The normalized spacial score (nSPS) is 16.4. The Morgan fingerprint density at radius 3 is 2.35 bits per heavy atom. The molecular weight excluding hydrogens is 454 g/mol. The number of esters is 1. The molecule has 3 heteroatoms. The minimum Gasteiger partial charge on any atom is -0.426 e. The monoisotopic (exact) mass is 503 g/mol. The van der Waals surface area contributed by atoms with Crippen LogP contribution in [0.25, 0.3) is 10.8 Å². The standard InChI is InChI=1S/C34H49NO2/c1-3-4-5-6-7-8-9-10-11-12-13-14-15-16-17-26-33(36)37-32-25-19-22-29-21-18-23-30(34(29)32)28-31-24-20-27-35(31)2/h7-8,10-11,18-19,21-23,25,31H,3-6,9,12-17,20,24,26-28H2,1-2H3/b8-7-,11-10-/t31-/m0/s1. The molecule has 0 N–H and O–H groups in total. The fourth-order valence-corrected chi connectivity index (χ4v) is 5.38. The number of likely N-dealkylation sites (N-methyl/N-ethyl adjacent to an activating group) is 1. The van der Waals surface area contributed by atoms with Crippen molar-refractivity contribution >= 4 is 16.7 Å². The highest BCUT2D eigenvalue weighted by Crippen LogP contribution is 2.32. The van der Waals surface area contributed by atoms with Gasteiger partial charge in [0.05, 0.1) is 0 Å². The summed E-state index contributed by atoms with van der Waals surface area (Å²) < 4.78 is 5.91. The maximum Gasteiger partial charge on any atom is 0.311 e. The number of rotatable bonds is 17. The van der Waals surface area contributed by atoms with E-state index in [1.54, 1.807) is 0 Å². The minimum atomic E-state index is -0.106. The SMILES string of the molecule is CCCCC/C=C\C/C=C\CCCCCCCC(=O)Oc1cccc2cccc(C[C@@H]3CCCN3C)c12. The second-order valence-corrected chi connectivity index (χ2v) is 10.7. The van der Waals surface area contributed by atoms with E-state index in [2.05, 4.69) is 67.4 Å². The van der Waals surface area contributed by atoms with E-state index in [-0.39, 0.29) is 5.97 Å². The zero-order valence-corrected chi connectivity index (χ0v) is 23.4. The summed E-state index contributed by atoms with van der Waals surface area (Å²) in [4.78, 5) is 15.1. The van der Waals surface area contributed by atoms with Gasteiger partial charge in [0.2, 0.25) is 0 Å². The lowest BCUT2D eigenvalue weighted by Crippen LogP contribution is -2.26. The van der Waals surface area contributed by atoms with Crippen molar-refractivity contribution in [2.24, 2.45) is 0 Å². The van der Waals surface area contributed by atoms with E-state index in [4.69, 9.17) is 4.74 Å². The van der Waals surface area contributed by atoms with Crippen LogP contribution in [0.1, 0.15) is 102 Å². The first-order valence-corrected chi connectivity index (χ1v) is 14.9. The predicted octanol–water partition coefficient (Wildman–Crippen LogP) is 9.20. The number of benzene rings is 2. The first kappa shape index (κ1) is 29.2. The Balaban J connectivity index is 1.33. The largest absolute Gasteiger partial charge is 0.426 e. The third-order valence-electron chi connectivity index (χ3n) is 7.64. The van der Waals surface area contributed by atoms with E-state index in [1.165, 1.54) is 69.9 Å². The Bertz CT molecular complexity index is 987. The van der Waals surface area contributed by atoms with Crippen molar-refractivity contribution in [1.29, 1.82) is 0 Å². The molecule has 2 aromatic rings. The number of allylic oxidation sites excluding steroid dienone is 4. The molecular formula is C34H49NO2. The van der Waals surface area contributed by atoms with E-state index >= 15 is 0 Å². The van der Waals surface area contributed by atoms with Crippen LogP contribution in [0.3, 0.4) is 0 Å². The third-order valence-corrected chi connectivity index (χ3v) is 7.64. The molecule has 1 aliphatic rings. The van der Waals surface area contributed by atoms with E-state index in [0.717, 1.165) is 48.6 Å². The highest BCUT2D eigenvalue weighted by atomic mass is 16.5. The van der Waals surface area contributed by atoms with Crippen molar-refractivity contribution < 1.29 is 9.53 Å². The number of ether oxygens (including phenoxy) is 1. The third kappa shape index (κ3) is 10.5. The smallest absolute Gasteiger partial charge is 0.311 e. The highest BCUT2D eigenvalue weighted by Gasteiger charge is 2.22. The fourth-order valence-electron chi connectivity index (χ4n) is 5.38. The predicted molar refractivity (Wildman–Crippen MR) is 158 cm³/mol. The van der Waals surface area contributed by atoms with Crippen LogP contribution in [0, 0.1) is 0 Å². The molecule has 0 amide bonds. The second-order valence-electron chi connectivity index (χ2n) is 10.7. The van der Waals surface area contributed by atoms with Crippen molar-refractivity contribution in [3.63, 3.8) is 0 Å². The van der Waals surface area contributed by atoms with Gasteiger partial charge in [0.15, 0.2) is 0 Å². The summed E-state index contributed by atoms with van der Waals surface area (Å²) >= 11 is 0. The molecule has 3 nitrogen and oxygen atoms in total. The number of carbonyl (C=O) groups excluding carboxylic acids is 1. The van der Waals surface area contributed by atoms with Crippen LogP contribution in [0.2, 0.25) is 0 Å². The number of unbranched alkanes of at least 4 members (excludes halogenated alkanes) is 8. The average Bonchev–Trinajstić information content (AvgIpc) is 3.30. The van der Waals surface area contributed by atoms with Gasteiger partial charge in [0, 0.05) is 17.8 Å². The molecule has 0 aromatic heterocycles. The number of hydrogen-bond acceptors (Lipinski definition) is 3. The van der Waals surface area contributed by atoms with Crippen LogP contribution < -0.4 is 4.74 Å². The van der Waals surface area contributed by atoms with Crippen LogP contribution in [-0.4, -0.2) is 30.5 Å². The van der Waals surface area contributed by atoms with Crippen LogP contribution in [-0.2, 0) is 11.2 Å². The van der Waals surface area contributed by atoms with Gasteiger partial charge in [0.1, 0.15) is 5.75 Å². The van der Waals surface area contributed by atoms with Gasteiger partial charge in [-0.3, -0.25) is 4.79 Å². The van der Waals surface area contributed by atoms with Crippen LogP contribution in [0.15, 0.2) is 60.7 Å². The number of carbonyl (C=O) groups is 1. The van der Waals surface area contributed by atoms with Gasteiger partial charge in [-0.1, -0.05) is 93.7 Å². The van der Waals surface area contributed by atoms with Gasteiger partial charge in [-0.05, 0) is 88.4 Å². The van der Waals surface area contributed by atoms with Crippen molar-refractivity contribution in [2.45, 2.75) is 109 Å². The molecule has 0 radical (unpaired) electrons. The number of nitrogens with zero attached hydrogens (tertiary/aromatic N) is 1. The maximum atomic E-state index is 12.7. The molecule has 1 heterocycles. The molecule has 0 unspecified atom stereocenters. The van der Waals surface area contributed by atoms with E-state index in [0.29, 0.717) is 12.5 Å². The van der Waals surface area contributed by atoms with E-state index < -0.39 is 0 Å². The van der Waals surface area contributed by atoms with Crippen LogP contribution >= 0.6 is 0 Å². The minimum absolute atomic E-state index is 0.106. The van der Waals surface area contributed by atoms with Crippen molar-refractivity contribution in [2.75, 3.05) is 13.6 Å². The molecule has 0 bridgehead atoms. The van der Waals surface area contributed by atoms with Gasteiger partial charge >= 0.3 is 5.97 Å². The number of likely N-dealkylation sites (tertiary alicyclic amines) is 1. The van der Waals surface area contributed by atoms with Crippen LogP contribution in [0.4, 0.5) is 0 Å². The van der Waals surface area contributed by atoms with Gasteiger partial charge in [-0.2, -0.15) is 0 Å². The molecule has 1 atom stereocenters. The summed E-state index contributed by atoms with van der Waals surface area (Å²) in [5.74, 6) is 0.618. The summed E-state index contributed by atoms with van der Waals surface area (Å²) in [6.45, 7) is 3.42. The summed E-state index contributed by atoms with van der Waals surface area (Å²) in [5, 5.41) is 2.26. The molecule has 1 fully saturated rings. The zero-order chi connectivity index (χ0) is 26.1. The topological polar surface area (TPSA) is 29.5 Å². The Morgan fingerprint density at radius 2 is 1.62 bits per heavy atom. The Labute approximate surface area is 226 Å². The Morgan fingerprint density at radius 1 is 0.919 bits per heavy atom. The van der Waals surface area contributed by atoms with Gasteiger partial charge < -0.3 is 9.64 Å². The lowest BCUT2D eigenvalue weighted by atomic mass is 9.97. The lowest BCUT2D eigenvalue weighted by molar-refractivity contribution is -0.134. The molecule has 2 aromatic carbocycles. The molecule has 1 aliphatic heterocycles. The van der Waals surface area contributed by atoms with Gasteiger partial charge in [0.25, 0.3) is 0 Å². The quantitative estimate of drug-likeness (QED) is 0.0932. The van der Waals surface area contributed by atoms with Crippen molar-refractivity contribution in [1.82, 2.24) is 4.90 Å². The van der Waals surface area contributed by atoms with Crippen molar-refractivity contribution in [3.8, 4) is 5.75 Å². The average molecular weight is 504 g/mol. The summed E-state index contributed by atoms with van der Waals surface area (Å²) in [5.41, 5.74) is 1.29. The first-order valence-electron chi connectivity index (χ1n) is 14.9. The molecule has 0 aliphatic carbocycles. The van der Waals surface area contributed by atoms with Crippen LogP contribution in [0.5, 0.6) is 5.75 Å². The highest BCUT2D eigenvalue weighted by molar-refractivity contribution is 5.93. The first-order chi connectivity index (χ1) is 18.2. The molecule has 0 saturated carbocycles. The lowest BCUT2D eigenvalue weighted by Gasteiger charge is -2.21. The zero-order valence-electron chi connectivity index (χ0n) is 23.4. The second kappa shape index (κ2) is 17.2. The Hall–Kier alpha value is -2.39. The summed E-state index contributed by atoms with van der Waals surface area (Å²) in [6, 6.07) is 13.1. The molecule has 37 heavy (non-hydrogen) atoms.